The molecule has 1 aliphatic heterocycles. The summed E-state index contributed by atoms with van der Waals surface area (Å²) in [7, 11) is 0. The van der Waals surface area contributed by atoms with Crippen LogP contribution in [-0.4, -0.2) is 18.0 Å². The average molecular weight is 290 g/mol. The molecule has 2 aromatic carbocycles. The van der Waals surface area contributed by atoms with Crippen LogP contribution in [0.5, 0.6) is 0 Å². The Bertz CT molecular complexity index is 582. The lowest BCUT2D eigenvalue weighted by Gasteiger charge is -2.30. The number of halogens is 2. The number of fused-ring (bicyclic) bond motifs is 1. The van der Waals surface area contributed by atoms with E-state index in [1.54, 1.807) is 12.1 Å². The van der Waals surface area contributed by atoms with Gasteiger partial charge in [-0.25, -0.2) is 4.39 Å². The van der Waals surface area contributed by atoms with Crippen LogP contribution in [0.3, 0.4) is 0 Å². The summed E-state index contributed by atoms with van der Waals surface area (Å²) >= 11 is 6.45. The normalized spacial score (nSPS) is 16.7. The third-order valence-electron chi connectivity index (χ3n) is 3.86. The van der Waals surface area contributed by atoms with E-state index in [1.165, 1.54) is 23.3 Å². The minimum atomic E-state index is -0.218. The Morgan fingerprint density at radius 1 is 1.05 bits per heavy atom. The SMILES string of the molecule is Fc1ccc(C(Cl)CN2CCc3ccccc3C2)cc1. The van der Waals surface area contributed by atoms with Gasteiger partial charge in [0.2, 0.25) is 0 Å². The summed E-state index contributed by atoms with van der Waals surface area (Å²) in [6, 6.07) is 15.0. The molecule has 0 saturated carbocycles. The zero-order valence-electron chi connectivity index (χ0n) is 11.2. The Morgan fingerprint density at radius 2 is 1.75 bits per heavy atom. The first-order chi connectivity index (χ1) is 9.72. The second-order valence-corrected chi connectivity index (χ2v) is 5.80. The van der Waals surface area contributed by atoms with Crippen LogP contribution in [0.4, 0.5) is 4.39 Å². The molecule has 0 spiro atoms. The fraction of sp³-hybridized carbons (Fsp3) is 0.294. The van der Waals surface area contributed by atoms with Crippen molar-refractivity contribution in [1.29, 1.82) is 0 Å². The van der Waals surface area contributed by atoms with Gasteiger partial charge in [-0.2, -0.15) is 0 Å². The lowest BCUT2D eigenvalue weighted by Crippen LogP contribution is -2.32. The highest BCUT2D eigenvalue weighted by Gasteiger charge is 2.19. The van der Waals surface area contributed by atoms with Crippen LogP contribution in [0, 0.1) is 5.82 Å². The van der Waals surface area contributed by atoms with Gasteiger partial charge in [-0.15, -0.1) is 11.6 Å². The van der Waals surface area contributed by atoms with E-state index in [0.717, 1.165) is 31.6 Å². The Morgan fingerprint density at radius 3 is 2.50 bits per heavy atom. The topological polar surface area (TPSA) is 3.24 Å². The predicted octanol–water partition coefficient (Wildman–Crippen LogP) is 4.16. The number of hydrogen-bond donors (Lipinski definition) is 0. The lowest BCUT2D eigenvalue weighted by molar-refractivity contribution is 0.254. The van der Waals surface area contributed by atoms with Gasteiger partial charge in [0.05, 0.1) is 5.38 Å². The van der Waals surface area contributed by atoms with E-state index in [0.29, 0.717) is 0 Å². The molecule has 1 nitrogen and oxygen atoms in total. The number of hydrogen-bond acceptors (Lipinski definition) is 1. The molecule has 0 aliphatic carbocycles. The first kappa shape index (κ1) is 13.6. The summed E-state index contributed by atoms with van der Waals surface area (Å²) in [6.07, 6.45) is 1.07. The van der Waals surface area contributed by atoms with Crippen molar-refractivity contribution in [2.75, 3.05) is 13.1 Å². The smallest absolute Gasteiger partial charge is 0.123 e. The van der Waals surface area contributed by atoms with Crippen molar-refractivity contribution in [3.8, 4) is 0 Å². The molecule has 1 heterocycles. The predicted molar refractivity (Wildman–Crippen MR) is 80.4 cm³/mol. The highest BCUT2D eigenvalue weighted by atomic mass is 35.5. The molecule has 3 rings (SSSR count). The van der Waals surface area contributed by atoms with Crippen molar-refractivity contribution in [2.24, 2.45) is 0 Å². The molecule has 0 fully saturated rings. The maximum Gasteiger partial charge on any atom is 0.123 e. The summed E-state index contributed by atoms with van der Waals surface area (Å²) in [5, 5.41) is -0.0964. The van der Waals surface area contributed by atoms with E-state index < -0.39 is 0 Å². The Hall–Kier alpha value is -1.38. The van der Waals surface area contributed by atoms with Gasteiger partial charge < -0.3 is 0 Å². The molecule has 2 aromatic rings. The molecule has 0 bridgehead atoms. The zero-order valence-corrected chi connectivity index (χ0v) is 12.0. The molecular weight excluding hydrogens is 273 g/mol. The molecule has 0 saturated heterocycles. The van der Waals surface area contributed by atoms with Crippen LogP contribution in [0.1, 0.15) is 22.1 Å². The average Bonchev–Trinajstić information content (AvgIpc) is 2.48. The van der Waals surface area contributed by atoms with Crippen molar-refractivity contribution in [1.82, 2.24) is 4.90 Å². The van der Waals surface area contributed by atoms with E-state index in [9.17, 15) is 4.39 Å². The molecule has 1 atom stereocenters. The van der Waals surface area contributed by atoms with E-state index in [-0.39, 0.29) is 11.2 Å². The van der Waals surface area contributed by atoms with Crippen molar-refractivity contribution < 1.29 is 4.39 Å². The van der Waals surface area contributed by atoms with Crippen LogP contribution in [0.2, 0.25) is 0 Å². The molecule has 0 amide bonds. The van der Waals surface area contributed by atoms with E-state index in [1.807, 2.05) is 0 Å². The molecule has 0 N–H and O–H groups in total. The summed E-state index contributed by atoms with van der Waals surface area (Å²) < 4.78 is 12.9. The van der Waals surface area contributed by atoms with Crippen LogP contribution in [-0.2, 0) is 13.0 Å². The standard InChI is InChI=1S/C17H17ClFN/c18-17(14-5-7-16(19)8-6-14)12-20-10-9-13-3-1-2-4-15(13)11-20/h1-8,17H,9-12H2. The van der Waals surface area contributed by atoms with Gasteiger partial charge in [-0.3, -0.25) is 4.90 Å². The van der Waals surface area contributed by atoms with Crippen molar-refractivity contribution >= 4 is 11.6 Å². The molecule has 0 radical (unpaired) electrons. The summed E-state index contributed by atoms with van der Waals surface area (Å²) in [4.78, 5) is 2.36. The largest absolute Gasteiger partial charge is 0.297 e. The fourth-order valence-corrected chi connectivity index (χ4v) is 3.05. The van der Waals surface area contributed by atoms with Crippen molar-refractivity contribution in [2.45, 2.75) is 18.3 Å². The van der Waals surface area contributed by atoms with Crippen LogP contribution in [0.15, 0.2) is 48.5 Å². The first-order valence-corrected chi connectivity index (χ1v) is 7.35. The van der Waals surface area contributed by atoms with Crippen molar-refractivity contribution in [3.05, 3.63) is 71.0 Å². The summed E-state index contributed by atoms with van der Waals surface area (Å²) in [5.41, 5.74) is 3.81. The number of benzene rings is 2. The minimum absolute atomic E-state index is 0.0964. The van der Waals surface area contributed by atoms with Gasteiger partial charge in [-0.05, 0) is 35.2 Å². The number of alkyl halides is 1. The highest BCUT2D eigenvalue weighted by Crippen LogP contribution is 2.25. The second-order valence-electron chi connectivity index (χ2n) is 5.27. The molecule has 1 unspecified atom stereocenters. The maximum absolute atomic E-state index is 12.9. The van der Waals surface area contributed by atoms with Gasteiger partial charge in [-0.1, -0.05) is 36.4 Å². The second kappa shape index (κ2) is 5.94. The van der Waals surface area contributed by atoms with Crippen LogP contribution >= 0.6 is 11.6 Å². The van der Waals surface area contributed by atoms with Gasteiger partial charge >= 0.3 is 0 Å². The Balaban J connectivity index is 1.66. The fourth-order valence-electron chi connectivity index (χ4n) is 2.71. The maximum atomic E-state index is 12.9. The van der Waals surface area contributed by atoms with Gasteiger partial charge in [0.1, 0.15) is 5.82 Å². The third kappa shape index (κ3) is 3.02. The summed E-state index contributed by atoms with van der Waals surface area (Å²) in [6.45, 7) is 2.77. The summed E-state index contributed by atoms with van der Waals surface area (Å²) in [5.74, 6) is -0.218. The van der Waals surface area contributed by atoms with E-state index >= 15 is 0 Å². The lowest BCUT2D eigenvalue weighted by atomic mass is 9.99. The van der Waals surface area contributed by atoms with Gasteiger partial charge in [0.25, 0.3) is 0 Å². The van der Waals surface area contributed by atoms with Gasteiger partial charge in [0, 0.05) is 19.6 Å². The van der Waals surface area contributed by atoms with Gasteiger partial charge in [0.15, 0.2) is 0 Å². The van der Waals surface area contributed by atoms with Crippen LogP contribution < -0.4 is 0 Å². The monoisotopic (exact) mass is 289 g/mol. The molecule has 20 heavy (non-hydrogen) atoms. The van der Waals surface area contributed by atoms with Crippen LogP contribution in [0.25, 0.3) is 0 Å². The zero-order chi connectivity index (χ0) is 13.9. The first-order valence-electron chi connectivity index (χ1n) is 6.91. The molecule has 104 valence electrons. The van der Waals surface area contributed by atoms with Crippen molar-refractivity contribution in [3.63, 3.8) is 0 Å². The Kier molecular flexibility index (Phi) is 4.04. The number of nitrogens with zero attached hydrogens (tertiary/aromatic N) is 1. The molecular formula is C17H17ClFN. The third-order valence-corrected chi connectivity index (χ3v) is 4.25. The number of rotatable bonds is 3. The Labute approximate surface area is 124 Å². The molecule has 3 heteroatoms. The highest BCUT2D eigenvalue weighted by molar-refractivity contribution is 6.21. The molecule has 1 aliphatic rings. The van der Waals surface area contributed by atoms with E-state index in [2.05, 4.69) is 29.2 Å². The minimum Gasteiger partial charge on any atom is -0.297 e. The van der Waals surface area contributed by atoms with E-state index in [4.69, 9.17) is 11.6 Å². The molecule has 0 aromatic heterocycles. The quantitative estimate of drug-likeness (QED) is 0.767.